The highest BCUT2D eigenvalue weighted by atomic mass is 16.5. The summed E-state index contributed by atoms with van der Waals surface area (Å²) in [5.41, 5.74) is -0.575. The Morgan fingerprint density at radius 1 is 1.50 bits per heavy atom. The standard InChI is InChI=1S/C16H32N2O2/c1-6-9-17-16(4,15(19)20-5)11-13(3)18-10-8-14(7-2)12-18/h13-14,17H,6-12H2,1-5H3. The highest BCUT2D eigenvalue weighted by molar-refractivity contribution is 5.80. The Morgan fingerprint density at radius 2 is 2.20 bits per heavy atom. The quantitative estimate of drug-likeness (QED) is 0.695. The van der Waals surface area contributed by atoms with Crippen LogP contribution in [0.25, 0.3) is 0 Å². The average molecular weight is 284 g/mol. The number of methoxy groups -OCH3 is 1. The molecule has 0 saturated carbocycles. The van der Waals surface area contributed by atoms with E-state index in [4.69, 9.17) is 4.74 Å². The Kier molecular flexibility index (Phi) is 6.96. The van der Waals surface area contributed by atoms with E-state index in [1.807, 2.05) is 6.92 Å². The molecule has 4 nitrogen and oxygen atoms in total. The zero-order valence-electron chi connectivity index (χ0n) is 13.9. The summed E-state index contributed by atoms with van der Waals surface area (Å²) >= 11 is 0. The maximum atomic E-state index is 12.1. The molecule has 3 unspecified atom stereocenters. The SMILES string of the molecule is CCCNC(C)(CC(C)N1CCC(CC)C1)C(=O)OC. The number of likely N-dealkylation sites (tertiary alicyclic amines) is 1. The van der Waals surface area contributed by atoms with E-state index in [1.54, 1.807) is 0 Å². The highest BCUT2D eigenvalue weighted by Gasteiger charge is 2.37. The van der Waals surface area contributed by atoms with Crippen LogP contribution in [-0.2, 0) is 9.53 Å². The third-order valence-electron chi connectivity index (χ3n) is 4.62. The lowest BCUT2D eigenvalue weighted by molar-refractivity contribution is -0.148. The fourth-order valence-electron chi connectivity index (χ4n) is 3.17. The predicted molar refractivity (Wildman–Crippen MR) is 82.8 cm³/mol. The van der Waals surface area contributed by atoms with Gasteiger partial charge in [0, 0.05) is 12.6 Å². The van der Waals surface area contributed by atoms with Crippen LogP contribution in [0.15, 0.2) is 0 Å². The Morgan fingerprint density at radius 3 is 2.70 bits per heavy atom. The minimum atomic E-state index is -0.575. The van der Waals surface area contributed by atoms with Crippen molar-refractivity contribution in [3.63, 3.8) is 0 Å². The van der Waals surface area contributed by atoms with E-state index in [1.165, 1.54) is 26.5 Å². The van der Waals surface area contributed by atoms with Gasteiger partial charge in [0.1, 0.15) is 5.54 Å². The second kappa shape index (κ2) is 7.99. The number of rotatable bonds is 8. The van der Waals surface area contributed by atoms with Crippen molar-refractivity contribution in [3.8, 4) is 0 Å². The highest BCUT2D eigenvalue weighted by Crippen LogP contribution is 2.25. The topological polar surface area (TPSA) is 41.6 Å². The molecule has 1 aliphatic rings. The van der Waals surface area contributed by atoms with Gasteiger partial charge in [0.25, 0.3) is 0 Å². The Hall–Kier alpha value is -0.610. The Balaban J connectivity index is 2.62. The first-order valence-electron chi connectivity index (χ1n) is 8.04. The molecule has 20 heavy (non-hydrogen) atoms. The van der Waals surface area contributed by atoms with Crippen molar-refractivity contribution in [3.05, 3.63) is 0 Å². The van der Waals surface area contributed by atoms with Crippen molar-refractivity contribution in [2.24, 2.45) is 5.92 Å². The zero-order chi connectivity index (χ0) is 15.2. The van der Waals surface area contributed by atoms with Gasteiger partial charge in [0.2, 0.25) is 0 Å². The minimum absolute atomic E-state index is 0.149. The van der Waals surface area contributed by atoms with E-state index in [9.17, 15) is 4.79 Å². The third kappa shape index (κ3) is 4.45. The molecule has 4 heteroatoms. The molecule has 0 radical (unpaired) electrons. The smallest absolute Gasteiger partial charge is 0.325 e. The van der Waals surface area contributed by atoms with E-state index >= 15 is 0 Å². The molecule has 0 bridgehead atoms. The van der Waals surface area contributed by atoms with Gasteiger partial charge in [-0.25, -0.2) is 0 Å². The molecule has 1 fully saturated rings. The number of carbonyl (C=O) groups is 1. The Labute approximate surface area is 124 Å². The summed E-state index contributed by atoms with van der Waals surface area (Å²) in [6.45, 7) is 11.7. The molecular formula is C16H32N2O2. The van der Waals surface area contributed by atoms with Gasteiger partial charge in [-0.15, -0.1) is 0 Å². The van der Waals surface area contributed by atoms with Gasteiger partial charge in [-0.05, 0) is 52.1 Å². The summed E-state index contributed by atoms with van der Waals surface area (Å²) in [5.74, 6) is 0.675. The van der Waals surface area contributed by atoms with E-state index in [2.05, 4.69) is 31.0 Å². The first kappa shape index (κ1) is 17.4. The number of hydrogen-bond donors (Lipinski definition) is 1. The second-order valence-corrected chi connectivity index (χ2v) is 6.36. The van der Waals surface area contributed by atoms with Crippen molar-refractivity contribution < 1.29 is 9.53 Å². The summed E-state index contributed by atoms with van der Waals surface area (Å²) < 4.78 is 5.00. The number of nitrogens with zero attached hydrogens (tertiary/aromatic N) is 1. The molecule has 1 N–H and O–H groups in total. The fraction of sp³-hybridized carbons (Fsp3) is 0.938. The van der Waals surface area contributed by atoms with E-state index < -0.39 is 5.54 Å². The van der Waals surface area contributed by atoms with Crippen LogP contribution < -0.4 is 5.32 Å². The summed E-state index contributed by atoms with van der Waals surface area (Å²) in [4.78, 5) is 14.6. The van der Waals surface area contributed by atoms with Crippen LogP contribution >= 0.6 is 0 Å². The molecule has 118 valence electrons. The molecule has 3 atom stereocenters. The van der Waals surface area contributed by atoms with Crippen LogP contribution in [-0.4, -0.2) is 49.2 Å². The lowest BCUT2D eigenvalue weighted by atomic mass is 9.92. The van der Waals surface area contributed by atoms with Crippen LogP contribution in [0.3, 0.4) is 0 Å². The first-order chi connectivity index (χ1) is 9.46. The number of hydrogen-bond acceptors (Lipinski definition) is 4. The van der Waals surface area contributed by atoms with Crippen LogP contribution in [0.1, 0.15) is 53.4 Å². The predicted octanol–water partition coefficient (Wildman–Crippen LogP) is 2.43. The van der Waals surface area contributed by atoms with Gasteiger partial charge in [-0.2, -0.15) is 0 Å². The molecule has 0 amide bonds. The molecule has 0 aliphatic carbocycles. The van der Waals surface area contributed by atoms with E-state index in [0.29, 0.717) is 6.04 Å². The molecule has 1 rings (SSSR count). The summed E-state index contributed by atoms with van der Waals surface area (Å²) in [5, 5.41) is 3.37. The molecule has 1 aliphatic heterocycles. The van der Waals surface area contributed by atoms with Crippen molar-refractivity contribution in [1.82, 2.24) is 10.2 Å². The molecule has 1 saturated heterocycles. The second-order valence-electron chi connectivity index (χ2n) is 6.36. The molecule has 0 aromatic heterocycles. The lowest BCUT2D eigenvalue weighted by Gasteiger charge is -2.34. The summed E-state index contributed by atoms with van der Waals surface area (Å²) in [7, 11) is 1.47. The van der Waals surface area contributed by atoms with Crippen molar-refractivity contribution in [2.75, 3.05) is 26.7 Å². The van der Waals surface area contributed by atoms with Gasteiger partial charge < -0.3 is 15.0 Å². The normalized spacial score (nSPS) is 24.4. The van der Waals surface area contributed by atoms with Gasteiger partial charge in [0.15, 0.2) is 0 Å². The molecule has 0 aromatic rings. The third-order valence-corrected chi connectivity index (χ3v) is 4.62. The lowest BCUT2D eigenvalue weighted by Crippen LogP contribution is -2.54. The first-order valence-corrected chi connectivity index (χ1v) is 8.04. The van der Waals surface area contributed by atoms with E-state index in [0.717, 1.165) is 31.8 Å². The van der Waals surface area contributed by atoms with Gasteiger partial charge in [0.05, 0.1) is 7.11 Å². The number of ether oxygens (including phenoxy) is 1. The summed E-state index contributed by atoms with van der Waals surface area (Å²) in [6.07, 6.45) is 4.36. The van der Waals surface area contributed by atoms with Crippen molar-refractivity contribution in [2.45, 2.75) is 65.0 Å². The van der Waals surface area contributed by atoms with E-state index in [-0.39, 0.29) is 5.97 Å². The van der Waals surface area contributed by atoms with Gasteiger partial charge in [-0.3, -0.25) is 4.79 Å². The van der Waals surface area contributed by atoms with Gasteiger partial charge >= 0.3 is 5.97 Å². The average Bonchev–Trinajstić information content (AvgIpc) is 2.93. The van der Waals surface area contributed by atoms with Gasteiger partial charge in [-0.1, -0.05) is 20.3 Å². The maximum Gasteiger partial charge on any atom is 0.325 e. The number of esters is 1. The molecule has 0 spiro atoms. The molecule has 0 aromatic carbocycles. The van der Waals surface area contributed by atoms with Crippen LogP contribution in [0.5, 0.6) is 0 Å². The zero-order valence-corrected chi connectivity index (χ0v) is 13.9. The minimum Gasteiger partial charge on any atom is -0.468 e. The summed E-state index contributed by atoms with van der Waals surface area (Å²) in [6, 6.07) is 0.403. The van der Waals surface area contributed by atoms with Crippen LogP contribution in [0, 0.1) is 5.92 Å². The van der Waals surface area contributed by atoms with Crippen molar-refractivity contribution >= 4 is 5.97 Å². The van der Waals surface area contributed by atoms with Crippen LogP contribution in [0.4, 0.5) is 0 Å². The maximum absolute atomic E-state index is 12.1. The number of nitrogens with one attached hydrogen (secondary N) is 1. The monoisotopic (exact) mass is 284 g/mol. The van der Waals surface area contributed by atoms with Crippen LogP contribution in [0.2, 0.25) is 0 Å². The largest absolute Gasteiger partial charge is 0.468 e. The molecular weight excluding hydrogens is 252 g/mol. The Bertz CT molecular complexity index is 309. The number of carbonyl (C=O) groups excluding carboxylic acids is 1. The molecule has 1 heterocycles. The van der Waals surface area contributed by atoms with Crippen molar-refractivity contribution in [1.29, 1.82) is 0 Å². The fourth-order valence-corrected chi connectivity index (χ4v) is 3.17.